The zero-order valence-electron chi connectivity index (χ0n) is 13.9. The molecule has 2 aromatic carbocycles. The summed E-state index contributed by atoms with van der Waals surface area (Å²) in [6, 6.07) is 18.5. The highest BCUT2D eigenvalue weighted by Crippen LogP contribution is 2.43. The molecule has 2 aromatic rings. The molecule has 1 heterocycles. The van der Waals surface area contributed by atoms with Gasteiger partial charge in [0.2, 0.25) is 0 Å². The van der Waals surface area contributed by atoms with Gasteiger partial charge in [0.1, 0.15) is 0 Å². The van der Waals surface area contributed by atoms with Crippen LogP contribution < -0.4 is 0 Å². The number of rotatable bonds is 2. The van der Waals surface area contributed by atoms with Crippen LogP contribution in [0.1, 0.15) is 40.7 Å². The average Bonchev–Trinajstić information content (AvgIpc) is 2.65. The normalized spacial score (nSPS) is 19.7. The summed E-state index contributed by atoms with van der Waals surface area (Å²) in [5.41, 5.74) is 3.31. The number of hydrogen-bond donors (Lipinski definition) is 0. The zero-order valence-corrected chi connectivity index (χ0v) is 13.9. The summed E-state index contributed by atoms with van der Waals surface area (Å²) in [5, 5.41) is 0. The minimum atomic E-state index is -0.120. The molecule has 2 heteroatoms. The van der Waals surface area contributed by atoms with Crippen LogP contribution in [0.3, 0.4) is 0 Å². The minimum Gasteiger partial charge on any atom is -0.377 e. The Bertz CT molecular complexity index is 755. The molecule has 2 aliphatic rings. The van der Waals surface area contributed by atoms with Crippen LogP contribution in [-0.4, -0.2) is 23.8 Å². The Balaban J connectivity index is 1.45. The predicted octanol–water partition coefficient (Wildman–Crippen LogP) is 4.57. The number of benzene rings is 2. The van der Waals surface area contributed by atoms with Crippen LogP contribution in [0.5, 0.6) is 0 Å². The molecule has 2 nitrogen and oxygen atoms in total. The van der Waals surface area contributed by atoms with Crippen LogP contribution in [0.4, 0.5) is 0 Å². The number of Topliss-reactive ketones (excluding diaryl/α,β-unsaturated/α-hetero) is 1. The van der Waals surface area contributed by atoms with E-state index in [4.69, 9.17) is 0 Å². The number of ketones is 1. The van der Waals surface area contributed by atoms with Gasteiger partial charge in [0.05, 0.1) is 0 Å². The first-order chi connectivity index (χ1) is 11.8. The molecule has 0 radical (unpaired) electrons. The largest absolute Gasteiger partial charge is 0.377 e. The fourth-order valence-corrected chi connectivity index (χ4v) is 4.07. The fourth-order valence-electron chi connectivity index (χ4n) is 4.07. The number of nitrogens with zero attached hydrogens (tertiary/aromatic N) is 1. The van der Waals surface area contributed by atoms with Gasteiger partial charge in [-0.3, -0.25) is 4.79 Å². The van der Waals surface area contributed by atoms with Gasteiger partial charge in [-0.25, -0.2) is 0 Å². The first kappa shape index (κ1) is 15.2. The van der Waals surface area contributed by atoms with Gasteiger partial charge < -0.3 is 4.90 Å². The Kier molecular flexibility index (Phi) is 3.97. The van der Waals surface area contributed by atoms with Gasteiger partial charge >= 0.3 is 0 Å². The molecule has 0 atom stereocenters. The average molecular weight is 317 g/mol. The van der Waals surface area contributed by atoms with Crippen molar-refractivity contribution in [1.82, 2.24) is 4.90 Å². The van der Waals surface area contributed by atoms with Crippen LogP contribution in [0.15, 0.2) is 60.8 Å². The Hall–Kier alpha value is -2.35. The third-order valence-electron chi connectivity index (χ3n) is 5.65. The maximum atomic E-state index is 13.0. The summed E-state index contributed by atoms with van der Waals surface area (Å²) in [5.74, 6) is 0.385. The first-order valence-electron chi connectivity index (χ1n) is 8.87. The smallest absolute Gasteiger partial charge is 0.169 e. The molecule has 1 fully saturated rings. The van der Waals surface area contributed by atoms with E-state index in [1.54, 1.807) is 0 Å². The summed E-state index contributed by atoms with van der Waals surface area (Å²) < 4.78 is 0. The molecule has 4 rings (SSSR count). The molecule has 122 valence electrons. The molecule has 0 aromatic heterocycles. The van der Waals surface area contributed by atoms with E-state index in [-0.39, 0.29) is 5.41 Å². The quantitative estimate of drug-likeness (QED) is 0.809. The summed E-state index contributed by atoms with van der Waals surface area (Å²) in [4.78, 5) is 15.4. The summed E-state index contributed by atoms with van der Waals surface area (Å²) in [7, 11) is 0. The molecule has 1 saturated heterocycles. The monoisotopic (exact) mass is 317 g/mol. The minimum absolute atomic E-state index is 0.120. The van der Waals surface area contributed by atoms with Crippen molar-refractivity contribution in [3.05, 3.63) is 77.5 Å². The van der Waals surface area contributed by atoms with E-state index in [0.717, 1.165) is 44.3 Å². The van der Waals surface area contributed by atoms with E-state index in [2.05, 4.69) is 47.5 Å². The number of piperidine rings is 1. The number of likely N-dealkylation sites (tertiary alicyclic amines) is 1. The lowest BCUT2D eigenvalue weighted by molar-refractivity contribution is 0.0604. The van der Waals surface area contributed by atoms with Crippen molar-refractivity contribution in [3.8, 4) is 0 Å². The van der Waals surface area contributed by atoms with E-state index >= 15 is 0 Å². The molecule has 0 N–H and O–H groups in total. The molecule has 1 spiro atoms. The predicted molar refractivity (Wildman–Crippen MR) is 97.8 cm³/mol. The van der Waals surface area contributed by atoms with E-state index < -0.39 is 0 Å². The Morgan fingerprint density at radius 3 is 2.38 bits per heavy atom. The van der Waals surface area contributed by atoms with Crippen molar-refractivity contribution in [2.75, 3.05) is 13.1 Å². The van der Waals surface area contributed by atoms with Crippen molar-refractivity contribution < 1.29 is 4.79 Å². The number of fused-ring (bicyclic) bond motifs is 1. The Morgan fingerprint density at radius 1 is 0.875 bits per heavy atom. The van der Waals surface area contributed by atoms with Gasteiger partial charge in [-0.2, -0.15) is 0 Å². The summed E-state index contributed by atoms with van der Waals surface area (Å²) >= 11 is 0. The van der Waals surface area contributed by atoms with E-state index in [1.165, 1.54) is 11.1 Å². The Morgan fingerprint density at radius 2 is 1.58 bits per heavy atom. The molecular formula is C22H23NO. The lowest BCUT2D eigenvalue weighted by atomic mass is 9.65. The van der Waals surface area contributed by atoms with Crippen molar-refractivity contribution in [2.24, 2.45) is 5.41 Å². The Labute approximate surface area is 143 Å². The topological polar surface area (TPSA) is 20.3 Å². The van der Waals surface area contributed by atoms with Crippen LogP contribution in [0, 0.1) is 5.41 Å². The highest BCUT2D eigenvalue weighted by molar-refractivity contribution is 6.02. The number of hydrogen-bond acceptors (Lipinski definition) is 2. The van der Waals surface area contributed by atoms with E-state index in [9.17, 15) is 4.79 Å². The summed E-state index contributed by atoms with van der Waals surface area (Å²) in [6.45, 7) is 1.94. The lowest BCUT2D eigenvalue weighted by Gasteiger charge is -2.43. The standard InChI is InChI=1S/C22H23NO/c24-21-20-9-5-4-8-19(20)10-12-22(21)13-16-23(17-14-22)15-11-18-6-2-1-3-7-18/h1-9,11,15H,10,12-14,16-17H2/b15-11+. The van der Waals surface area contributed by atoms with Crippen molar-refractivity contribution in [2.45, 2.75) is 25.7 Å². The second-order valence-corrected chi connectivity index (χ2v) is 7.03. The van der Waals surface area contributed by atoms with E-state index in [0.29, 0.717) is 5.78 Å². The summed E-state index contributed by atoms with van der Waals surface area (Å²) in [6.07, 6.45) is 8.35. The second-order valence-electron chi connectivity index (χ2n) is 7.03. The highest BCUT2D eigenvalue weighted by Gasteiger charge is 2.43. The van der Waals surface area contributed by atoms with Gasteiger partial charge in [0.25, 0.3) is 0 Å². The molecule has 0 saturated carbocycles. The maximum Gasteiger partial charge on any atom is 0.169 e. The maximum absolute atomic E-state index is 13.0. The van der Waals surface area contributed by atoms with Gasteiger partial charge in [0.15, 0.2) is 5.78 Å². The fraction of sp³-hybridized carbons (Fsp3) is 0.318. The van der Waals surface area contributed by atoms with Crippen molar-refractivity contribution >= 4 is 11.9 Å². The number of carbonyl (C=O) groups excluding carboxylic acids is 1. The van der Waals surface area contributed by atoms with Crippen LogP contribution in [0.2, 0.25) is 0 Å². The van der Waals surface area contributed by atoms with Crippen LogP contribution >= 0.6 is 0 Å². The molecule has 0 amide bonds. The first-order valence-corrected chi connectivity index (χ1v) is 8.87. The second kappa shape index (κ2) is 6.27. The third-order valence-corrected chi connectivity index (χ3v) is 5.65. The zero-order chi connectivity index (χ0) is 16.4. The van der Waals surface area contributed by atoms with Gasteiger partial charge in [0, 0.05) is 24.1 Å². The molecule has 0 bridgehead atoms. The van der Waals surface area contributed by atoms with Crippen molar-refractivity contribution in [1.29, 1.82) is 0 Å². The molecule has 24 heavy (non-hydrogen) atoms. The van der Waals surface area contributed by atoms with Crippen LogP contribution in [0.25, 0.3) is 6.08 Å². The van der Waals surface area contributed by atoms with Crippen LogP contribution in [-0.2, 0) is 6.42 Å². The van der Waals surface area contributed by atoms with Gasteiger partial charge in [-0.05, 0) is 49.1 Å². The van der Waals surface area contributed by atoms with Gasteiger partial charge in [-0.1, -0.05) is 54.6 Å². The van der Waals surface area contributed by atoms with E-state index in [1.807, 2.05) is 24.3 Å². The number of carbonyl (C=O) groups is 1. The molecule has 1 aliphatic carbocycles. The van der Waals surface area contributed by atoms with Gasteiger partial charge in [-0.15, -0.1) is 0 Å². The number of aryl methyl sites for hydroxylation is 1. The molecule has 0 unspecified atom stereocenters. The SMILES string of the molecule is O=C1c2ccccc2CCC12CCN(/C=C/c1ccccc1)CC2. The lowest BCUT2D eigenvalue weighted by Crippen LogP contribution is -2.45. The third kappa shape index (κ3) is 2.77. The molecule has 1 aliphatic heterocycles. The highest BCUT2D eigenvalue weighted by atomic mass is 16.1. The molecular weight excluding hydrogens is 294 g/mol. The van der Waals surface area contributed by atoms with Crippen molar-refractivity contribution in [3.63, 3.8) is 0 Å².